The number of hydrogen-bond acceptors (Lipinski definition) is 4. The first kappa shape index (κ1) is 21.0. The Balaban J connectivity index is 1.56. The summed E-state index contributed by atoms with van der Waals surface area (Å²) < 4.78 is 70.9. The summed E-state index contributed by atoms with van der Waals surface area (Å²) in [4.78, 5) is 12.6. The van der Waals surface area contributed by atoms with Crippen molar-refractivity contribution in [2.45, 2.75) is 64.3 Å². The van der Waals surface area contributed by atoms with Crippen molar-refractivity contribution >= 4 is 5.78 Å². The topological polar surface area (TPSA) is 44.8 Å². The summed E-state index contributed by atoms with van der Waals surface area (Å²) in [5.74, 6) is -4.50. The molecular formula is C19H28F4O4. The molecule has 3 aliphatic rings. The smallest absolute Gasteiger partial charge is 0.377 e. The molecule has 3 fully saturated rings. The van der Waals surface area contributed by atoms with Crippen LogP contribution in [0.3, 0.4) is 0 Å². The van der Waals surface area contributed by atoms with Gasteiger partial charge in [-0.05, 0) is 37.5 Å². The molecule has 6 atom stereocenters. The molecule has 0 aromatic carbocycles. The summed E-state index contributed by atoms with van der Waals surface area (Å²) in [5.41, 5.74) is 0. The van der Waals surface area contributed by atoms with Crippen LogP contribution in [0, 0.1) is 29.6 Å². The summed E-state index contributed by atoms with van der Waals surface area (Å²) in [6.07, 6.45) is -6.02. The van der Waals surface area contributed by atoms with Gasteiger partial charge in [-0.2, -0.15) is 13.2 Å². The van der Waals surface area contributed by atoms with Gasteiger partial charge in [0.05, 0.1) is 31.2 Å². The van der Waals surface area contributed by atoms with E-state index in [4.69, 9.17) is 14.2 Å². The van der Waals surface area contributed by atoms with Gasteiger partial charge in [-0.25, -0.2) is 4.39 Å². The standard InChI is InChI=1S/C19H28F4O4/c1-10-3-6-14(25-7-10)12-8-26-18(27-9-12)17(24)13-5-4-11(2)15(16(13)20)19(21,22)23/h10-16,18H,3-9H2,1-2H3. The van der Waals surface area contributed by atoms with E-state index < -0.39 is 42.2 Å². The van der Waals surface area contributed by atoms with Crippen LogP contribution in [0.5, 0.6) is 0 Å². The second kappa shape index (κ2) is 8.33. The molecule has 2 aliphatic heterocycles. The molecule has 8 heteroatoms. The number of ketones is 1. The van der Waals surface area contributed by atoms with Crippen molar-refractivity contribution in [3.05, 3.63) is 0 Å². The predicted molar refractivity (Wildman–Crippen MR) is 88.7 cm³/mol. The lowest BCUT2D eigenvalue weighted by atomic mass is 9.71. The largest absolute Gasteiger partial charge is 0.394 e. The molecule has 0 aromatic rings. The second-order valence-electron chi connectivity index (χ2n) is 8.39. The van der Waals surface area contributed by atoms with Gasteiger partial charge in [0.2, 0.25) is 6.29 Å². The van der Waals surface area contributed by atoms with E-state index in [0.29, 0.717) is 12.5 Å². The van der Waals surface area contributed by atoms with Gasteiger partial charge in [0.1, 0.15) is 6.17 Å². The highest BCUT2D eigenvalue weighted by Gasteiger charge is 2.55. The maximum Gasteiger partial charge on any atom is 0.394 e. The van der Waals surface area contributed by atoms with Crippen molar-refractivity contribution in [2.75, 3.05) is 19.8 Å². The zero-order chi connectivity index (χ0) is 19.8. The predicted octanol–water partition coefficient (Wildman–Crippen LogP) is 3.92. The molecule has 0 radical (unpaired) electrons. The highest BCUT2D eigenvalue weighted by molar-refractivity contribution is 5.85. The van der Waals surface area contributed by atoms with E-state index in [9.17, 15) is 22.4 Å². The summed E-state index contributed by atoms with van der Waals surface area (Å²) in [5, 5.41) is 0. The van der Waals surface area contributed by atoms with Crippen molar-refractivity contribution < 1.29 is 36.6 Å². The Morgan fingerprint density at radius 1 is 0.926 bits per heavy atom. The minimum Gasteiger partial charge on any atom is -0.377 e. The number of carbonyl (C=O) groups excluding carboxylic acids is 1. The Hall–Kier alpha value is -0.730. The van der Waals surface area contributed by atoms with Crippen molar-refractivity contribution in [1.82, 2.24) is 0 Å². The first-order valence-electron chi connectivity index (χ1n) is 9.77. The normalized spacial score (nSPS) is 44.1. The summed E-state index contributed by atoms with van der Waals surface area (Å²) in [6.45, 7) is 4.64. The van der Waals surface area contributed by atoms with Gasteiger partial charge < -0.3 is 14.2 Å². The Labute approximate surface area is 156 Å². The van der Waals surface area contributed by atoms with Gasteiger partial charge in [0, 0.05) is 12.5 Å². The Kier molecular flexibility index (Phi) is 6.48. The van der Waals surface area contributed by atoms with Crippen LogP contribution in [0.15, 0.2) is 0 Å². The number of Topliss-reactive ketones (excluding diaryl/α,β-unsaturated/α-hetero) is 1. The molecule has 3 rings (SSSR count). The maximum absolute atomic E-state index is 14.6. The van der Waals surface area contributed by atoms with Gasteiger partial charge in [-0.1, -0.05) is 13.8 Å². The number of hydrogen-bond donors (Lipinski definition) is 0. The molecule has 0 bridgehead atoms. The number of rotatable bonds is 3. The van der Waals surface area contributed by atoms with Crippen LogP contribution in [-0.4, -0.2) is 50.3 Å². The third-order valence-electron chi connectivity index (χ3n) is 6.24. The quantitative estimate of drug-likeness (QED) is 0.679. The number of alkyl halides is 4. The van der Waals surface area contributed by atoms with E-state index in [1.165, 1.54) is 6.92 Å². The molecule has 4 nitrogen and oxygen atoms in total. The van der Waals surface area contributed by atoms with E-state index in [1.807, 2.05) is 0 Å². The van der Waals surface area contributed by atoms with Gasteiger partial charge in [0.25, 0.3) is 0 Å². The first-order valence-corrected chi connectivity index (χ1v) is 9.77. The summed E-state index contributed by atoms with van der Waals surface area (Å²) in [6, 6.07) is 0. The Bertz CT molecular complexity index is 510. The third-order valence-corrected chi connectivity index (χ3v) is 6.24. The molecule has 0 aromatic heterocycles. The molecule has 0 spiro atoms. The van der Waals surface area contributed by atoms with Crippen LogP contribution in [0.4, 0.5) is 17.6 Å². The average Bonchev–Trinajstić information content (AvgIpc) is 2.61. The van der Waals surface area contributed by atoms with E-state index in [-0.39, 0.29) is 38.1 Å². The van der Waals surface area contributed by atoms with Crippen molar-refractivity contribution in [3.63, 3.8) is 0 Å². The second-order valence-corrected chi connectivity index (χ2v) is 8.39. The van der Waals surface area contributed by atoms with Crippen LogP contribution in [0.25, 0.3) is 0 Å². The Morgan fingerprint density at radius 2 is 1.59 bits per heavy atom. The van der Waals surface area contributed by atoms with Crippen molar-refractivity contribution in [3.8, 4) is 0 Å². The highest BCUT2D eigenvalue weighted by Crippen LogP contribution is 2.46. The van der Waals surface area contributed by atoms with Crippen molar-refractivity contribution in [2.24, 2.45) is 29.6 Å². The lowest BCUT2D eigenvalue weighted by Gasteiger charge is -2.40. The van der Waals surface area contributed by atoms with Gasteiger partial charge in [-0.3, -0.25) is 4.79 Å². The van der Waals surface area contributed by atoms with Crippen LogP contribution in [0.2, 0.25) is 0 Å². The molecule has 27 heavy (non-hydrogen) atoms. The molecule has 1 aliphatic carbocycles. The summed E-state index contributed by atoms with van der Waals surface area (Å²) >= 11 is 0. The molecule has 1 saturated carbocycles. The van der Waals surface area contributed by atoms with E-state index in [0.717, 1.165) is 12.8 Å². The zero-order valence-corrected chi connectivity index (χ0v) is 15.7. The zero-order valence-electron chi connectivity index (χ0n) is 15.7. The lowest BCUT2D eigenvalue weighted by molar-refractivity contribution is -0.234. The lowest BCUT2D eigenvalue weighted by Crippen LogP contribution is -2.51. The minimum atomic E-state index is -4.66. The summed E-state index contributed by atoms with van der Waals surface area (Å²) in [7, 11) is 0. The monoisotopic (exact) mass is 396 g/mol. The molecule has 0 amide bonds. The molecule has 2 heterocycles. The van der Waals surface area contributed by atoms with Gasteiger partial charge in [-0.15, -0.1) is 0 Å². The molecule has 2 saturated heterocycles. The molecular weight excluding hydrogens is 368 g/mol. The minimum absolute atomic E-state index is 0.00341. The van der Waals surface area contributed by atoms with E-state index in [1.54, 1.807) is 0 Å². The fourth-order valence-corrected chi connectivity index (χ4v) is 4.49. The van der Waals surface area contributed by atoms with Crippen LogP contribution >= 0.6 is 0 Å². The average molecular weight is 396 g/mol. The number of ether oxygens (including phenoxy) is 3. The highest BCUT2D eigenvalue weighted by atomic mass is 19.4. The van der Waals surface area contributed by atoms with E-state index in [2.05, 4.69) is 6.92 Å². The van der Waals surface area contributed by atoms with Crippen LogP contribution < -0.4 is 0 Å². The number of halogens is 4. The van der Waals surface area contributed by atoms with E-state index >= 15 is 0 Å². The molecule has 0 N–H and O–H groups in total. The van der Waals surface area contributed by atoms with Crippen LogP contribution in [-0.2, 0) is 19.0 Å². The maximum atomic E-state index is 14.6. The third kappa shape index (κ3) is 4.65. The Morgan fingerprint density at radius 3 is 2.15 bits per heavy atom. The molecule has 6 unspecified atom stereocenters. The fraction of sp³-hybridized carbons (Fsp3) is 0.947. The fourth-order valence-electron chi connectivity index (χ4n) is 4.49. The van der Waals surface area contributed by atoms with Gasteiger partial charge >= 0.3 is 6.18 Å². The first-order chi connectivity index (χ1) is 12.7. The SMILES string of the molecule is CC1CCC(C2COC(C(=O)C3CCC(C)C(C(F)(F)F)C3F)OC2)OC1. The number of carbonyl (C=O) groups is 1. The van der Waals surface area contributed by atoms with Gasteiger partial charge in [0.15, 0.2) is 5.78 Å². The van der Waals surface area contributed by atoms with Crippen molar-refractivity contribution in [1.29, 1.82) is 0 Å². The molecule has 156 valence electrons. The van der Waals surface area contributed by atoms with Crippen LogP contribution in [0.1, 0.15) is 39.5 Å².